The molecule has 1 aliphatic rings. The van der Waals surface area contributed by atoms with Crippen LogP contribution in [-0.4, -0.2) is 19.3 Å². The Kier molecular flexibility index (Phi) is 2.76. The molecule has 0 radical (unpaired) electrons. The van der Waals surface area contributed by atoms with Gasteiger partial charge in [-0.15, -0.1) is 0 Å². The van der Waals surface area contributed by atoms with Crippen LogP contribution in [0.5, 0.6) is 0 Å². The molecule has 0 aliphatic carbocycles. The first-order valence-corrected chi connectivity index (χ1v) is 3.85. The highest BCUT2D eigenvalue weighted by Crippen LogP contribution is 2.25. The summed E-state index contributed by atoms with van der Waals surface area (Å²) in [5.41, 5.74) is 0. The molecule has 0 amide bonds. The topological polar surface area (TPSA) is 12.0 Å². The number of halogens is 3. The molecule has 1 saturated heterocycles. The van der Waals surface area contributed by atoms with Gasteiger partial charge in [0, 0.05) is 6.42 Å². The van der Waals surface area contributed by atoms with E-state index in [-0.39, 0.29) is 12.3 Å². The first kappa shape index (κ1) is 8.84. The lowest BCUT2D eigenvalue weighted by Gasteiger charge is -2.09. The summed E-state index contributed by atoms with van der Waals surface area (Å²) in [5.74, 6) is 0.247. The standard InChI is InChI=1S/C7H12F3N/c8-7(9,10)3-1-6-2-4-11-5-6/h6,11H,1-5H2. The maximum absolute atomic E-state index is 11.7. The first-order chi connectivity index (χ1) is 5.08. The van der Waals surface area contributed by atoms with Crippen molar-refractivity contribution in [1.82, 2.24) is 5.32 Å². The Morgan fingerprint density at radius 2 is 2.09 bits per heavy atom. The fraction of sp³-hybridized carbons (Fsp3) is 1.00. The SMILES string of the molecule is FC(F)(F)CCC1CCNC1. The maximum atomic E-state index is 11.7. The molecule has 0 aromatic rings. The number of hydrogen-bond acceptors (Lipinski definition) is 1. The van der Waals surface area contributed by atoms with E-state index in [4.69, 9.17) is 0 Å². The molecule has 0 bridgehead atoms. The van der Waals surface area contributed by atoms with Gasteiger partial charge in [0.1, 0.15) is 0 Å². The van der Waals surface area contributed by atoms with Crippen molar-refractivity contribution in [2.45, 2.75) is 25.4 Å². The number of alkyl halides is 3. The van der Waals surface area contributed by atoms with Crippen molar-refractivity contribution in [2.75, 3.05) is 13.1 Å². The molecular weight excluding hydrogens is 155 g/mol. The fourth-order valence-electron chi connectivity index (χ4n) is 1.33. The molecule has 1 N–H and O–H groups in total. The number of nitrogens with one attached hydrogen (secondary N) is 1. The third-order valence-electron chi connectivity index (χ3n) is 2.00. The van der Waals surface area contributed by atoms with E-state index in [2.05, 4.69) is 5.32 Å². The Morgan fingerprint density at radius 3 is 2.55 bits per heavy atom. The molecule has 0 aromatic carbocycles. The zero-order valence-corrected chi connectivity index (χ0v) is 6.25. The third-order valence-corrected chi connectivity index (χ3v) is 2.00. The number of hydrogen-bond donors (Lipinski definition) is 1. The molecule has 1 fully saturated rings. The van der Waals surface area contributed by atoms with Gasteiger partial charge in [-0.05, 0) is 31.8 Å². The van der Waals surface area contributed by atoms with Crippen LogP contribution in [0.3, 0.4) is 0 Å². The van der Waals surface area contributed by atoms with E-state index in [0.717, 1.165) is 19.5 Å². The summed E-state index contributed by atoms with van der Waals surface area (Å²) in [6, 6.07) is 0. The van der Waals surface area contributed by atoms with Crippen LogP contribution in [0.25, 0.3) is 0 Å². The minimum atomic E-state index is -3.97. The van der Waals surface area contributed by atoms with Crippen molar-refractivity contribution in [3.8, 4) is 0 Å². The second-order valence-electron chi connectivity index (χ2n) is 3.01. The molecule has 11 heavy (non-hydrogen) atoms. The van der Waals surface area contributed by atoms with Crippen LogP contribution in [0.2, 0.25) is 0 Å². The van der Waals surface area contributed by atoms with Crippen molar-refractivity contribution >= 4 is 0 Å². The van der Waals surface area contributed by atoms with Gasteiger partial charge in [-0.3, -0.25) is 0 Å². The second-order valence-corrected chi connectivity index (χ2v) is 3.01. The van der Waals surface area contributed by atoms with Gasteiger partial charge < -0.3 is 5.32 Å². The summed E-state index contributed by atoms with van der Waals surface area (Å²) in [6.07, 6.45) is -3.41. The largest absolute Gasteiger partial charge is 0.389 e. The molecular formula is C7H12F3N. The quantitative estimate of drug-likeness (QED) is 0.662. The minimum absolute atomic E-state index is 0.247. The van der Waals surface area contributed by atoms with Gasteiger partial charge in [-0.25, -0.2) is 0 Å². The highest BCUT2D eigenvalue weighted by molar-refractivity contribution is 4.71. The molecule has 1 aliphatic heterocycles. The van der Waals surface area contributed by atoms with Crippen molar-refractivity contribution in [3.63, 3.8) is 0 Å². The zero-order chi connectivity index (χ0) is 8.32. The van der Waals surface area contributed by atoms with Crippen LogP contribution >= 0.6 is 0 Å². The van der Waals surface area contributed by atoms with E-state index in [1.807, 2.05) is 0 Å². The summed E-state index contributed by atoms with van der Waals surface area (Å²) in [5, 5.41) is 3.04. The van der Waals surface area contributed by atoms with Crippen LogP contribution in [0, 0.1) is 5.92 Å². The van der Waals surface area contributed by atoms with E-state index in [1.54, 1.807) is 0 Å². The Labute approximate surface area is 64.0 Å². The van der Waals surface area contributed by atoms with Crippen LogP contribution in [0.15, 0.2) is 0 Å². The van der Waals surface area contributed by atoms with E-state index in [1.165, 1.54) is 0 Å². The highest BCUT2D eigenvalue weighted by atomic mass is 19.4. The third kappa shape index (κ3) is 3.60. The molecule has 0 saturated carbocycles. The molecule has 1 heterocycles. The van der Waals surface area contributed by atoms with Gasteiger partial charge in [0.05, 0.1) is 0 Å². The summed E-state index contributed by atoms with van der Waals surface area (Å²) in [4.78, 5) is 0. The molecule has 0 aromatic heterocycles. The van der Waals surface area contributed by atoms with E-state index in [0.29, 0.717) is 0 Å². The minimum Gasteiger partial charge on any atom is -0.316 e. The van der Waals surface area contributed by atoms with Gasteiger partial charge in [0.25, 0.3) is 0 Å². The van der Waals surface area contributed by atoms with Crippen molar-refractivity contribution in [2.24, 2.45) is 5.92 Å². The Hall–Kier alpha value is -0.250. The van der Waals surface area contributed by atoms with Crippen LogP contribution in [0.4, 0.5) is 13.2 Å². The average Bonchev–Trinajstić information content (AvgIpc) is 2.32. The highest BCUT2D eigenvalue weighted by Gasteiger charge is 2.28. The van der Waals surface area contributed by atoms with Crippen molar-refractivity contribution < 1.29 is 13.2 Å². The average molecular weight is 167 g/mol. The molecule has 1 atom stereocenters. The van der Waals surface area contributed by atoms with E-state index >= 15 is 0 Å². The van der Waals surface area contributed by atoms with Gasteiger partial charge in [-0.2, -0.15) is 13.2 Å². The predicted molar refractivity (Wildman–Crippen MR) is 36.3 cm³/mol. The van der Waals surface area contributed by atoms with E-state index in [9.17, 15) is 13.2 Å². The smallest absolute Gasteiger partial charge is 0.316 e. The first-order valence-electron chi connectivity index (χ1n) is 3.85. The summed E-state index contributed by atoms with van der Waals surface area (Å²) in [6.45, 7) is 1.64. The van der Waals surface area contributed by atoms with Crippen molar-refractivity contribution in [3.05, 3.63) is 0 Å². The van der Waals surface area contributed by atoms with Crippen LogP contribution in [-0.2, 0) is 0 Å². The van der Waals surface area contributed by atoms with Gasteiger partial charge >= 0.3 is 6.18 Å². The molecule has 4 heteroatoms. The van der Waals surface area contributed by atoms with Crippen molar-refractivity contribution in [1.29, 1.82) is 0 Å². The van der Waals surface area contributed by atoms with Gasteiger partial charge in [0.15, 0.2) is 0 Å². The normalized spacial score (nSPS) is 25.9. The monoisotopic (exact) mass is 167 g/mol. The maximum Gasteiger partial charge on any atom is 0.389 e. The van der Waals surface area contributed by atoms with Gasteiger partial charge in [-0.1, -0.05) is 0 Å². The summed E-state index contributed by atoms with van der Waals surface area (Å²) < 4.78 is 35.1. The molecule has 1 nitrogen and oxygen atoms in total. The van der Waals surface area contributed by atoms with E-state index < -0.39 is 12.6 Å². The Morgan fingerprint density at radius 1 is 1.36 bits per heavy atom. The molecule has 1 rings (SSSR count). The lowest BCUT2D eigenvalue weighted by atomic mass is 10.0. The number of rotatable bonds is 2. The molecule has 0 spiro atoms. The molecule has 66 valence electrons. The summed E-state index contributed by atoms with van der Waals surface area (Å²) >= 11 is 0. The zero-order valence-electron chi connectivity index (χ0n) is 6.25. The predicted octanol–water partition coefficient (Wildman–Crippen LogP) is 1.94. The fourth-order valence-corrected chi connectivity index (χ4v) is 1.33. The molecule has 1 unspecified atom stereocenters. The lowest BCUT2D eigenvalue weighted by Crippen LogP contribution is -2.13. The Bertz CT molecular complexity index is 115. The van der Waals surface area contributed by atoms with Crippen LogP contribution in [0.1, 0.15) is 19.3 Å². The Balaban J connectivity index is 2.11. The van der Waals surface area contributed by atoms with Crippen LogP contribution < -0.4 is 5.32 Å². The van der Waals surface area contributed by atoms with Gasteiger partial charge in [0.2, 0.25) is 0 Å². The summed E-state index contributed by atoms with van der Waals surface area (Å²) in [7, 11) is 0. The lowest BCUT2D eigenvalue weighted by molar-refractivity contribution is -0.137. The second kappa shape index (κ2) is 3.43.